The first kappa shape index (κ1) is 18.7. The third-order valence-corrected chi connectivity index (χ3v) is 4.92. The van der Waals surface area contributed by atoms with Crippen molar-refractivity contribution in [3.05, 3.63) is 89.7 Å². The van der Waals surface area contributed by atoms with Crippen molar-refractivity contribution in [2.24, 2.45) is 0 Å². The summed E-state index contributed by atoms with van der Waals surface area (Å²) in [7, 11) is 2.99. The van der Waals surface area contributed by atoms with Crippen molar-refractivity contribution in [3.63, 3.8) is 0 Å². The Morgan fingerprint density at radius 1 is 0.966 bits per heavy atom. The van der Waals surface area contributed by atoms with E-state index in [0.29, 0.717) is 12.1 Å². The fraction of sp³-hybridized carbons (Fsp3) is 0.125. The number of fused-ring (bicyclic) bond motifs is 1. The van der Waals surface area contributed by atoms with Gasteiger partial charge in [-0.25, -0.2) is 9.18 Å². The summed E-state index contributed by atoms with van der Waals surface area (Å²) in [6.45, 7) is 0.520. The number of hydrogen-bond acceptors (Lipinski definition) is 3. The Hall–Kier alpha value is -3.60. The van der Waals surface area contributed by atoms with E-state index in [0.717, 1.165) is 33.5 Å². The summed E-state index contributed by atoms with van der Waals surface area (Å²) in [6, 6.07) is 21.7. The lowest BCUT2D eigenvalue weighted by atomic mass is 10.1. The van der Waals surface area contributed by atoms with Gasteiger partial charge in [-0.15, -0.1) is 0 Å². The van der Waals surface area contributed by atoms with Gasteiger partial charge < -0.3 is 14.0 Å². The molecule has 0 aliphatic carbocycles. The highest BCUT2D eigenvalue weighted by molar-refractivity contribution is 5.90. The summed E-state index contributed by atoms with van der Waals surface area (Å²) in [5.74, 6) is 0.0945. The van der Waals surface area contributed by atoms with Crippen molar-refractivity contribution in [1.29, 1.82) is 0 Å². The Balaban J connectivity index is 1.86. The van der Waals surface area contributed by atoms with Crippen molar-refractivity contribution >= 4 is 16.9 Å². The molecule has 0 spiro atoms. The maximum atomic E-state index is 13.9. The molecule has 0 saturated carbocycles. The number of methoxy groups -OCH3 is 2. The average molecular weight is 389 g/mol. The molecule has 1 aromatic heterocycles. The molecule has 5 heteroatoms. The molecule has 146 valence electrons. The lowest BCUT2D eigenvalue weighted by Gasteiger charge is -2.12. The topological polar surface area (TPSA) is 40.5 Å². The van der Waals surface area contributed by atoms with E-state index in [1.54, 1.807) is 19.2 Å². The molecular weight excluding hydrogens is 369 g/mol. The highest BCUT2D eigenvalue weighted by atomic mass is 19.1. The highest BCUT2D eigenvalue weighted by Gasteiger charge is 2.14. The first-order valence-electron chi connectivity index (χ1n) is 9.19. The van der Waals surface area contributed by atoms with E-state index in [1.807, 2.05) is 48.5 Å². The van der Waals surface area contributed by atoms with Crippen molar-refractivity contribution in [1.82, 2.24) is 4.57 Å². The van der Waals surface area contributed by atoms with Crippen LogP contribution in [0.25, 0.3) is 22.2 Å². The maximum absolute atomic E-state index is 13.9. The second-order valence-corrected chi connectivity index (χ2v) is 6.74. The van der Waals surface area contributed by atoms with Crippen molar-refractivity contribution in [2.45, 2.75) is 6.54 Å². The SMILES string of the molecule is COC(=O)c1cccc(Cn2c(-c3cccc(F)c3)cc3cc(OC)ccc32)c1. The second-order valence-electron chi connectivity index (χ2n) is 6.74. The van der Waals surface area contributed by atoms with Crippen LogP contribution in [0, 0.1) is 5.82 Å². The number of esters is 1. The van der Waals surface area contributed by atoms with E-state index in [2.05, 4.69) is 4.57 Å². The fourth-order valence-electron chi connectivity index (χ4n) is 3.53. The molecule has 0 aliphatic heterocycles. The van der Waals surface area contributed by atoms with Crippen LogP contribution in [0.5, 0.6) is 5.75 Å². The van der Waals surface area contributed by atoms with E-state index < -0.39 is 0 Å². The van der Waals surface area contributed by atoms with Gasteiger partial charge >= 0.3 is 5.97 Å². The van der Waals surface area contributed by atoms with E-state index in [9.17, 15) is 9.18 Å². The zero-order valence-corrected chi connectivity index (χ0v) is 16.2. The third kappa shape index (κ3) is 3.72. The van der Waals surface area contributed by atoms with E-state index >= 15 is 0 Å². The number of benzene rings is 3. The first-order chi connectivity index (χ1) is 14.1. The Kier molecular flexibility index (Phi) is 5.04. The van der Waals surface area contributed by atoms with Crippen LogP contribution >= 0.6 is 0 Å². The van der Waals surface area contributed by atoms with Crippen LogP contribution in [0.3, 0.4) is 0 Å². The van der Waals surface area contributed by atoms with Gasteiger partial charge in [0.1, 0.15) is 11.6 Å². The molecule has 1 heterocycles. The number of hydrogen-bond donors (Lipinski definition) is 0. The molecule has 4 aromatic rings. The number of carbonyl (C=O) groups excluding carboxylic acids is 1. The molecule has 0 N–H and O–H groups in total. The van der Waals surface area contributed by atoms with Gasteiger partial charge in [0, 0.05) is 28.7 Å². The fourth-order valence-corrected chi connectivity index (χ4v) is 3.53. The predicted molar refractivity (Wildman–Crippen MR) is 111 cm³/mol. The van der Waals surface area contributed by atoms with E-state index in [1.165, 1.54) is 19.2 Å². The maximum Gasteiger partial charge on any atom is 0.337 e. The van der Waals surface area contributed by atoms with Gasteiger partial charge in [-0.1, -0.05) is 24.3 Å². The van der Waals surface area contributed by atoms with Crippen LogP contribution < -0.4 is 4.74 Å². The number of aromatic nitrogens is 1. The summed E-state index contributed by atoms with van der Waals surface area (Å²) in [4.78, 5) is 11.9. The smallest absolute Gasteiger partial charge is 0.337 e. The Bertz CT molecular complexity index is 1200. The molecule has 3 aromatic carbocycles. The van der Waals surface area contributed by atoms with Crippen LogP contribution in [-0.4, -0.2) is 24.8 Å². The Morgan fingerprint density at radius 3 is 2.55 bits per heavy atom. The number of carbonyl (C=O) groups is 1. The minimum Gasteiger partial charge on any atom is -0.497 e. The molecule has 4 rings (SSSR count). The average Bonchev–Trinajstić information content (AvgIpc) is 3.10. The predicted octanol–water partition coefficient (Wildman–Crippen LogP) is 5.29. The third-order valence-electron chi connectivity index (χ3n) is 4.92. The van der Waals surface area contributed by atoms with Gasteiger partial charge in [-0.3, -0.25) is 0 Å². The standard InChI is InChI=1S/C24H20FNO3/c1-28-21-9-10-22-19(13-21)14-23(17-6-4-8-20(25)12-17)26(22)15-16-5-3-7-18(11-16)24(27)29-2/h3-14H,15H2,1-2H3. The molecule has 0 bridgehead atoms. The van der Waals surface area contributed by atoms with Gasteiger partial charge in [-0.2, -0.15) is 0 Å². The number of ether oxygens (including phenoxy) is 2. The highest BCUT2D eigenvalue weighted by Crippen LogP contribution is 2.32. The summed E-state index contributed by atoms with van der Waals surface area (Å²) in [6.07, 6.45) is 0. The molecule has 4 nitrogen and oxygen atoms in total. The number of nitrogens with zero attached hydrogens (tertiary/aromatic N) is 1. The summed E-state index contributed by atoms with van der Waals surface area (Å²) >= 11 is 0. The van der Waals surface area contributed by atoms with Crippen molar-refractivity contribution in [2.75, 3.05) is 14.2 Å². The lowest BCUT2D eigenvalue weighted by Crippen LogP contribution is -2.05. The molecule has 0 radical (unpaired) electrons. The van der Waals surface area contributed by atoms with Gasteiger partial charge in [-0.05, 0) is 54.1 Å². The Labute approximate surface area is 168 Å². The quantitative estimate of drug-likeness (QED) is 0.436. The zero-order valence-electron chi connectivity index (χ0n) is 16.2. The number of rotatable bonds is 5. The molecule has 0 unspecified atom stereocenters. The zero-order chi connectivity index (χ0) is 20.4. The van der Waals surface area contributed by atoms with Gasteiger partial charge in [0.15, 0.2) is 0 Å². The molecule has 0 fully saturated rings. The van der Waals surface area contributed by atoms with Crippen LogP contribution in [0.15, 0.2) is 72.8 Å². The van der Waals surface area contributed by atoms with Gasteiger partial charge in [0.2, 0.25) is 0 Å². The molecule has 0 saturated heterocycles. The minimum absolute atomic E-state index is 0.287. The van der Waals surface area contributed by atoms with E-state index in [-0.39, 0.29) is 11.8 Å². The number of halogens is 1. The van der Waals surface area contributed by atoms with Crippen LogP contribution in [0.2, 0.25) is 0 Å². The summed E-state index contributed by atoms with van der Waals surface area (Å²) < 4.78 is 26.2. The molecule has 0 aliphatic rings. The van der Waals surface area contributed by atoms with Gasteiger partial charge in [0.05, 0.1) is 19.8 Å². The lowest BCUT2D eigenvalue weighted by molar-refractivity contribution is 0.0600. The summed E-state index contributed by atoms with van der Waals surface area (Å²) in [5.41, 5.74) is 4.10. The first-order valence-corrected chi connectivity index (χ1v) is 9.19. The van der Waals surface area contributed by atoms with Crippen LogP contribution in [0.1, 0.15) is 15.9 Å². The molecule has 0 atom stereocenters. The van der Waals surface area contributed by atoms with Crippen molar-refractivity contribution in [3.8, 4) is 17.0 Å². The van der Waals surface area contributed by atoms with E-state index in [4.69, 9.17) is 9.47 Å². The van der Waals surface area contributed by atoms with Crippen LogP contribution in [-0.2, 0) is 11.3 Å². The second kappa shape index (κ2) is 7.80. The van der Waals surface area contributed by atoms with Crippen LogP contribution in [0.4, 0.5) is 4.39 Å². The largest absolute Gasteiger partial charge is 0.497 e. The van der Waals surface area contributed by atoms with Gasteiger partial charge in [0.25, 0.3) is 0 Å². The Morgan fingerprint density at radius 2 is 1.79 bits per heavy atom. The van der Waals surface area contributed by atoms with Crippen molar-refractivity contribution < 1.29 is 18.7 Å². The monoisotopic (exact) mass is 389 g/mol. The minimum atomic E-state index is -0.376. The molecule has 29 heavy (non-hydrogen) atoms. The molecular formula is C24H20FNO3. The normalized spacial score (nSPS) is 10.9. The summed E-state index contributed by atoms with van der Waals surface area (Å²) in [5, 5.41) is 0.993. The molecule has 0 amide bonds.